The summed E-state index contributed by atoms with van der Waals surface area (Å²) in [4.78, 5) is 16.9. The van der Waals surface area contributed by atoms with Crippen LogP contribution in [-0.2, 0) is 11.2 Å². The van der Waals surface area contributed by atoms with E-state index in [1.54, 1.807) is 7.11 Å². The van der Waals surface area contributed by atoms with Gasteiger partial charge in [0, 0.05) is 32.6 Å². The third-order valence-electron chi connectivity index (χ3n) is 4.90. The Kier molecular flexibility index (Phi) is 6.58. The van der Waals surface area contributed by atoms with Crippen LogP contribution in [0.4, 0.5) is 5.69 Å². The molecular weight excluding hydrogens is 340 g/mol. The summed E-state index contributed by atoms with van der Waals surface area (Å²) in [6.07, 6.45) is 1.27. The van der Waals surface area contributed by atoms with Gasteiger partial charge in [-0.15, -0.1) is 0 Å². The fourth-order valence-electron chi connectivity index (χ4n) is 3.43. The molecule has 0 saturated carbocycles. The van der Waals surface area contributed by atoms with Gasteiger partial charge in [0.1, 0.15) is 11.5 Å². The van der Waals surface area contributed by atoms with E-state index < -0.39 is 0 Å². The van der Waals surface area contributed by atoms with Crippen molar-refractivity contribution in [2.24, 2.45) is 0 Å². The lowest BCUT2D eigenvalue weighted by atomic mass is 10.1. The Balaban J connectivity index is 1.52. The second kappa shape index (κ2) is 9.31. The summed E-state index contributed by atoms with van der Waals surface area (Å²) < 4.78 is 11.0. The molecule has 0 N–H and O–H groups in total. The SMILES string of the molecule is CCOc1ccccc1N1CCN(C(=O)CCc2cccc(OC)c2)CC1. The molecular formula is C22H28N2O3. The summed E-state index contributed by atoms with van der Waals surface area (Å²) in [5.74, 6) is 1.97. The van der Waals surface area contributed by atoms with E-state index in [2.05, 4.69) is 11.0 Å². The molecule has 1 aliphatic heterocycles. The predicted octanol–water partition coefficient (Wildman–Crippen LogP) is 3.38. The zero-order valence-electron chi connectivity index (χ0n) is 16.2. The molecule has 5 heteroatoms. The molecule has 27 heavy (non-hydrogen) atoms. The Morgan fingerprint density at radius 1 is 1.04 bits per heavy atom. The lowest BCUT2D eigenvalue weighted by Crippen LogP contribution is -2.49. The summed E-state index contributed by atoms with van der Waals surface area (Å²) in [5.41, 5.74) is 2.25. The van der Waals surface area contributed by atoms with Crippen LogP contribution in [0.2, 0.25) is 0 Å². The van der Waals surface area contributed by atoms with Gasteiger partial charge >= 0.3 is 0 Å². The molecule has 2 aromatic carbocycles. The van der Waals surface area contributed by atoms with Gasteiger partial charge in [0.15, 0.2) is 0 Å². The van der Waals surface area contributed by atoms with E-state index in [1.807, 2.05) is 54.3 Å². The quantitative estimate of drug-likeness (QED) is 0.751. The van der Waals surface area contributed by atoms with E-state index >= 15 is 0 Å². The highest BCUT2D eigenvalue weighted by Gasteiger charge is 2.22. The molecule has 5 nitrogen and oxygen atoms in total. The molecule has 3 rings (SSSR count). The fourth-order valence-corrected chi connectivity index (χ4v) is 3.43. The van der Waals surface area contributed by atoms with Crippen molar-refractivity contribution < 1.29 is 14.3 Å². The molecule has 0 radical (unpaired) electrons. The number of rotatable bonds is 7. The monoisotopic (exact) mass is 368 g/mol. The Labute approximate surface area is 161 Å². The molecule has 0 bridgehead atoms. The van der Waals surface area contributed by atoms with Gasteiger partial charge < -0.3 is 19.3 Å². The van der Waals surface area contributed by atoms with Gasteiger partial charge in [0.25, 0.3) is 0 Å². The maximum atomic E-state index is 12.6. The van der Waals surface area contributed by atoms with Gasteiger partial charge in [-0.3, -0.25) is 4.79 Å². The van der Waals surface area contributed by atoms with Gasteiger partial charge in [-0.25, -0.2) is 0 Å². The normalized spacial score (nSPS) is 14.1. The van der Waals surface area contributed by atoms with E-state index in [4.69, 9.17) is 9.47 Å². The van der Waals surface area contributed by atoms with Crippen LogP contribution in [0.15, 0.2) is 48.5 Å². The number of ether oxygens (including phenoxy) is 2. The highest BCUT2D eigenvalue weighted by atomic mass is 16.5. The number of anilines is 1. The average molecular weight is 368 g/mol. The second-order valence-corrected chi connectivity index (χ2v) is 6.62. The topological polar surface area (TPSA) is 42.0 Å². The van der Waals surface area contributed by atoms with E-state index in [0.717, 1.165) is 55.3 Å². The summed E-state index contributed by atoms with van der Waals surface area (Å²) in [6, 6.07) is 16.0. The zero-order chi connectivity index (χ0) is 19.1. The van der Waals surface area contributed by atoms with Crippen molar-refractivity contribution in [3.8, 4) is 11.5 Å². The molecule has 0 spiro atoms. The van der Waals surface area contributed by atoms with Gasteiger partial charge in [0.05, 0.1) is 19.4 Å². The number of hydrogen-bond donors (Lipinski definition) is 0. The van der Waals surface area contributed by atoms with E-state index in [-0.39, 0.29) is 5.91 Å². The van der Waals surface area contributed by atoms with Crippen molar-refractivity contribution in [2.75, 3.05) is 44.8 Å². The molecule has 0 atom stereocenters. The Bertz CT molecular complexity index is 755. The van der Waals surface area contributed by atoms with Gasteiger partial charge in [-0.1, -0.05) is 24.3 Å². The lowest BCUT2D eigenvalue weighted by molar-refractivity contribution is -0.131. The lowest BCUT2D eigenvalue weighted by Gasteiger charge is -2.36. The minimum atomic E-state index is 0.218. The van der Waals surface area contributed by atoms with Gasteiger partial charge in [0.2, 0.25) is 5.91 Å². The molecule has 1 fully saturated rings. The predicted molar refractivity (Wildman–Crippen MR) is 108 cm³/mol. The van der Waals surface area contributed by atoms with Crippen LogP contribution >= 0.6 is 0 Å². The number of aryl methyl sites for hydroxylation is 1. The van der Waals surface area contributed by atoms with Crippen LogP contribution in [0.1, 0.15) is 18.9 Å². The van der Waals surface area contributed by atoms with Crippen molar-refractivity contribution in [3.05, 3.63) is 54.1 Å². The number of para-hydroxylation sites is 2. The van der Waals surface area contributed by atoms with Crippen LogP contribution < -0.4 is 14.4 Å². The van der Waals surface area contributed by atoms with E-state index in [9.17, 15) is 4.79 Å². The Morgan fingerprint density at radius 2 is 1.81 bits per heavy atom. The molecule has 2 aromatic rings. The van der Waals surface area contributed by atoms with Crippen LogP contribution in [0.3, 0.4) is 0 Å². The summed E-state index contributed by atoms with van der Waals surface area (Å²) in [5, 5.41) is 0. The number of piperazine rings is 1. The Hall–Kier alpha value is -2.69. The number of methoxy groups -OCH3 is 1. The maximum Gasteiger partial charge on any atom is 0.223 e. The van der Waals surface area contributed by atoms with E-state index in [0.29, 0.717) is 13.0 Å². The van der Waals surface area contributed by atoms with Crippen molar-refractivity contribution in [1.82, 2.24) is 4.90 Å². The average Bonchev–Trinajstić information content (AvgIpc) is 2.73. The molecule has 0 unspecified atom stereocenters. The molecule has 0 aromatic heterocycles. The number of carbonyl (C=O) groups is 1. The number of amides is 1. The van der Waals surface area contributed by atoms with Crippen LogP contribution in [0.25, 0.3) is 0 Å². The third kappa shape index (κ3) is 4.94. The minimum absolute atomic E-state index is 0.218. The van der Waals surface area contributed by atoms with Crippen molar-refractivity contribution in [1.29, 1.82) is 0 Å². The highest BCUT2D eigenvalue weighted by molar-refractivity contribution is 5.77. The van der Waals surface area contributed by atoms with Crippen LogP contribution in [-0.4, -0.2) is 50.7 Å². The number of nitrogens with zero attached hydrogens (tertiary/aromatic N) is 2. The third-order valence-corrected chi connectivity index (χ3v) is 4.90. The highest BCUT2D eigenvalue weighted by Crippen LogP contribution is 2.28. The first-order valence-corrected chi connectivity index (χ1v) is 9.58. The summed E-state index contributed by atoms with van der Waals surface area (Å²) in [6.45, 7) is 5.80. The number of carbonyl (C=O) groups excluding carboxylic acids is 1. The van der Waals surface area contributed by atoms with Crippen molar-refractivity contribution >= 4 is 11.6 Å². The smallest absolute Gasteiger partial charge is 0.223 e. The van der Waals surface area contributed by atoms with Crippen LogP contribution in [0.5, 0.6) is 11.5 Å². The number of hydrogen-bond acceptors (Lipinski definition) is 4. The molecule has 1 heterocycles. The largest absolute Gasteiger partial charge is 0.497 e. The van der Waals surface area contributed by atoms with Crippen LogP contribution in [0, 0.1) is 0 Å². The standard InChI is InChI=1S/C22H28N2O3/c1-3-27-21-10-5-4-9-20(21)23-13-15-24(16-14-23)22(25)12-11-18-7-6-8-19(17-18)26-2/h4-10,17H,3,11-16H2,1-2H3. The molecule has 144 valence electrons. The summed E-state index contributed by atoms with van der Waals surface area (Å²) >= 11 is 0. The molecule has 1 saturated heterocycles. The first-order valence-electron chi connectivity index (χ1n) is 9.58. The molecule has 1 aliphatic rings. The van der Waals surface area contributed by atoms with Gasteiger partial charge in [-0.2, -0.15) is 0 Å². The van der Waals surface area contributed by atoms with E-state index in [1.165, 1.54) is 0 Å². The first-order chi connectivity index (χ1) is 13.2. The molecule has 0 aliphatic carbocycles. The fraction of sp³-hybridized carbons (Fsp3) is 0.409. The van der Waals surface area contributed by atoms with Crippen molar-refractivity contribution in [2.45, 2.75) is 19.8 Å². The second-order valence-electron chi connectivity index (χ2n) is 6.62. The maximum absolute atomic E-state index is 12.6. The first kappa shape index (κ1) is 19.1. The van der Waals surface area contributed by atoms with Gasteiger partial charge in [-0.05, 0) is 43.2 Å². The minimum Gasteiger partial charge on any atom is -0.497 e. The molecule has 1 amide bonds. The number of benzene rings is 2. The zero-order valence-corrected chi connectivity index (χ0v) is 16.2. The Morgan fingerprint density at radius 3 is 2.56 bits per heavy atom. The van der Waals surface area contributed by atoms with Crippen molar-refractivity contribution in [3.63, 3.8) is 0 Å². The summed E-state index contributed by atoms with van der Waals surface area (Å²) in [7, 11) is 1.66.